The Kier molecular flexibility index (Phi) is 10.8. The lowest BCUT2D eigenvalue weighted by atomic mass is 10.1. The molecule has 2 saturated carbocycles. The van der Waals surface area contributed by atoms with E-state index in [9.17, 15) is 32.0 Å². The van der Waals surface area contributed by atoms with Gasteiger partial charge in [0.05, 0.1) is 23.9 Å². The van der Waals surface area contributed by atoms with E-state index in [4.69, 9.17) is 24.2 Å². The Hall–Kier alpha value is -5.27. The van der Waals surface area contributed by atoms with Crippen molar-refractivity contribution in [2.75, 3.05) is 19.8 Å². The number of carbonyl (C=O) groups excluding carboxylic acids is 4. The third-order valence-corrected chi connectivity index (χ3v) is 13.4. The summed E-state index contributed by atoms with van der Waals surface area (Å²) >= 11 is 1.29. The molecule has 19 heteroatoms. The Balaban J connectivity index is 1.15. The molecule has 59 heavy (non-hydrogen) atoms. The number of rotatable bonds is 7. The number of nitrogens with zero attached hydrogens (tertiary/aromatic N) is 4. The molecule has 3 aromatic heterocycles. The third-order valence-electron chi connectivity index (χ3n) is 10.5. The van der Waals surface area contributed by atoms with E-state index in [2.05, 4.69) is 20.3 Å². The molecule has 1 aromatic carbocycles. The zero-order chi connectivity index (χ0) is 41.7. The maximum atomic E-state index is 14.6. The number of nitrogens with one attached hydrogen (secondary N) is 3. The van der Waals surface area contributed by atoms with Crippen molar-refractivity contribution in [1.29, 1.82) is 0 Å². The van der Waals surface area contributed by atoms with Gasteiger partial charge in [-0.25, -0.2) is 27.6 Å². The lowest BCUT2D eigenvalue weighted by Crippen LogP contribution is -2.59. The summed E-state index contributed by atoms with van der Waals surface area (Å²) in [4.78, 5) is 71.8. The summed E-state index contributed by atoms with van der Waals surface area (Å²) in [6, 6.07) is 6.90. The third kappa shape index (κ3) is 8.72. The van der Waals surface area contributed by atoms with E-state index in [0.29, 0.717) is 46.3 Å². The molecular formula is C40H44FN7O9S2. The van der Waals surface area contributed by atoms with Gasteiger partial charge in [0.2, 0.25) is 27.7 Å². The van der Waals surface area contributed by atoms with E-state index in [1.54, 1.807) is 51.2 Å². The van der Waals surface area contributed by atoms with Crippen LogP contribution in [-0.2, 0) is 33.9 Å². The first kappa shape index (κ1) is 40.5. The number of sulfonamides is 1. The number of carbonyl (C=O) groups is 4. The highest BCUT2D eigenvalue weighted by molar-refractivity contribution is 7.91. The Morgan fingerprint density at radius 1 is 1.14 bits per heavy atom. The summed E-state index contributed by atoms with van der Waals surface area (Å²) in [5.41, 5.74) is -1.56. The monoisotopic (exact) mass is 849 g/mol. The van der Waals surface area contributed by atoms with E-state index >= 15 is 0 Å². The smallest absolute Gasteiger partial charge is 0.408 e. The molecule has 5 heterocycles. The second kappa shape index (κ2) is 15.7. The second-order valence-corrected chi connectivity index (χ2v) is 19.2. The zero-order valence-electron chi connectivity index (χ0n) is 32.6. The van der Waals surface area contributed by atoms with E-state index in [-0.39, 0.29) is 44.3 Å². The second-order valence-electron chi connectivity index (χ2n) is 16.3. The molecule has 8 rings (SSSR count). The average molecular weight is 850 g/mol. The van der Waals surface area contributed by atoms with Crippen LogP contribution in [0.4, 0.5) is 9.18 Å². The molecule has 312 valence electrons. The first-order valence-corrected chi connectivity index (χ1v) is 21.9. The molecule has 4 aromatic rings. The number of fused-ring (bicyclic) bond motifs is 5. The van der Waals surface area contributed by atoms with Gasteiger partial charge in [0.25, 0.3) is 5.91 Å². The van der Waals surface area contributed by atoms with Gasteiger partial charge in [-0.15, -0.1) is 11.3 Å². The van der Waals surface area contributed by atoms with Gasteiger partial charge >= 0.3 is 6.09 Å². The molecule has 2 aliphatic heterocycles. The summed E-state index contributed by atoms with van der Waals surface area (Å²) in [7, 11) is -3.95. The standard InChI is InChI=1S/C40H44FN7O9S2/c1-39(2,3)57-38(52)43-28-21-55-16-6-4-5-10-23-19-40(23,37(51)47-59(53,54)26-13-14-26)46-33(49)29-18-25(20-48(29)36(28)50)56-34-31-30(27-12-8-15-42-35(27)58-31)44-32(45-34)22-9-7-11-24(41)17-22/h5,7-12,15,17,23,25-26,28-29H,4,6,13-14,16,18-21H2,1-3H3,(H,43,52)(H,46,49)(H,47,51)/b10-5+. The van der Waals surface area contributed by atoms with Crippen molar-refractivity contribution >= 4 is 65.6 Å². The van der Waals surface area contributed by atoms with Crippen molar-refractivity contribution in [2.24, 2.45) is 5.92 Å². The van der Waals surface area contributed by atoms with Crippen LogP contribution in [0.5, 0.6) is 5.88 Å². The molecular weight excluding hydrogens is 806 g/mol. The summed E-state index contributed by atoms with van der Waals surface area (Å²) in [6.07, 6.45) is 5.56. The van der Waals surface area contributed by atoms with Crippen LogP contribution in [-0.4, -0.2) is 106 Å². The summed E-state index contributed by atoms with van der Waals surface area (Å²) in [5.74, 6) is -2.93. The van der Waals surface area contributed by atoms with Crippen LogP contribution in [0.25, 0.3) is 31.8 Å². The number of benzene rings is 1. The Morgan fingerprint density at radius 2 is 1.95 bits per heavy atom. The molecule has 5 unspecified atom stereocenters. The molecule has 2 aliphatic carbocycles. The van der Waals surface area contributed by atoms with Crippen LogP contribution in [0.15, 0.2) is 54.7 Å². The molecule has 3 N–H and O–H groups in total. The van der Waals surface area contributed by atoms with Crippen molar-refractivity contribution in [3.63, 3.8) is 0 Å². The molecule has 0 spiro atoms. The van der Waals surface area contributed by atoms with Gasteiger partial charge in [-0.05, 0) is 77.1 Å². The van der Waals surface area contributed by atoms with Crippen molar-refractivity contribution in [1.82, 2.24) is 35.2 Å². The molecule has 16 nitrogen and oxygen atoms in total. The van der Waals surface area contributed by atoms with E-state index < -0.39 is 80.2 Å². The Morgan fingerprint density at radius 3 is 2.71 bits per heavy atom. The number of aromatic nitrogens is 3. The number of thiophene rings is 1. The van der Waals surface area contributed by atoms with Gasteiger partial charge in [-0.1, -0.05) is 24.3 Å². The minimum Gasteiger partial charge on any atom is -0.471 e. The molecule has 3 fully saturated rings. The van der Waals surface area contributed by atoms with Crippen molar-refractivity contribution < 1.29 is 46.2 Å². The van der Waals surface area contributed by atoms with Gasteiger partial charge in [-0.2, -0.15) is 4.98 Å². The van der Waals surface area contributed by atoms with Crippen LogP contribution >= 0.6 is 11.3 Å². The van der Waals surface area contributed by atoms with Crippen LogP contribution in [0, 0.1) is 11.7 Å². The van der Waals surface area contributed by atoms with Gasteiger partial charge in [0.1, 0.15) is 44.7 Å². The number of hydrogen-bond acceptors (Lipinski definition) is 13. The summed E-state index contributed by atoms with van der Waals surface area (Å²) in [5, 5.41) is 5.50. The van der Waals surface area contributed by atoms with Gasteiger partial charge in [0.15, 0.2) is 5.82 Å². The first-order chi connectivity index (χ1) is 28.1. The zero-order valence-corrected chi connectivity index (χ0v) is 34.2. The van der Waals surface area contributed by atoms with Gasteiger partial charge < -0.3 is 29.7 Å². The number of hydrogen-bond donors (Lipinski definition) is 3. The van der Waals surface area contributed by atoms with E-state index in [1.807, 2.05) is 12.1 Å². The average Bonchev–Trinajstić information content (AvgIpc) is 4.07. The summed E-state index contributed by atoms with van der Waals surface area (Å²) in [6.45, 7) is 4.88. The first-order valence-electron chi connectivity index (χ1n) is 19.5. The lowest BCUT2D eigenvalue weighted by molar-refractivity contribution is -0.142. The number of halogens is 1. The quantitative estimate of drug-likeness (QED) is 0.225. The number of pyridine rings is 1. The highest BCUT2D eigenvalue weighted by atomic mass is 32.2. The number of allylic oxidation sites excluding steroid dienone is 1. The van der Waals surface area contributed by atoms with Gasteiger partial charge in [-0.3, -0.25) is 19.1 Å². The van der Waals surface area contributed by atoms with E-state index in [1.165, 1.54) is 28.4 Å². The van der Waals surface area contributed by atoms with Crippen molar-refractivity contribution in [3.8, 4) is 17.3 Å². The lowest BCUT2D eigenvalue weighted by Gasteiger charge is -2.30. The maximum absolute atomic E-state index is 14.6. The topological polar surface area (TPSA) is 208 Å². The highest BCUT2D eigenvalue weighted by Crippen LogP contribution is 2.46. The highest BCUT2D eigenvalue weighted by Gasteiger charge is 2.62. The normalized spacial score (nSPS) is 25.9. The van der Waals surface area contributed by atoms with Crippen LogP contribution in [0.3, 0.4) is 0 Å². The largest absolute Gasteiger partial charge is 0.471 e. The minimum atomic E-state index is -3.95. The Bertz CT molecular complexity index is 2470. The molecule has 0 radical (unpaired) electrons. The molecule has 4 amide bonds. The van der Waals surface area contributed by atoms with Crippen LogP contribution < -0.4 is 20.1 Å². The van der Waals surface area contributed by atoms with Crippen molar-refractivity contribution in [3.05, 3.63) is 60.6 Å². The maximum Gasteiger partial charge on any atom is 0.408 e. The number of amides is 4. The molecule has 4 aliphatic rings. The SMILES string of the molecule is CC(C)(C)OC(=O)NC1COCCC/C=C/C2CC2(C(=O)NS(=O)(=O)C2CC2)NC(=O)C2CC(Oc3nc(-c4cccc(F)c4)nc4c3sc3ncccc34)CN2C1=O. The van der Waals surface area contributed by atoms with Crippen LogP contribution in [0.2, 0.25) is 0 Å². The number of alkyl carbamates (subject to hydrolysis) is 1. The molecule has 1 saturated heterocycles. The molecule has 5 atom stereocenters. The summed E-state index contributed by atoms with van der Waals surface area (Å²) < 4.78 is 60.9. The number of ether oxygens (including phenoxy) is 3. The van der Waals surface area contributed by atoms with E-state index in [0.717, 1.165) is 5.39 Å². The molecule has 0 bridgehead atoms. The predicted octanol–water partition coefficient (Wildman–Crippen LogP) is 4.14. The minimum absolute atomic E-state index is 0.0832. The predicted molar refractivity (Wildman–Crippen MR) is 214 cm³/mol. The van der Waals surface area contributed by atoms with Crippen molar-refractivity contribution in [2.45, 2.75) is 93.9 Å². The van der Waals surface area contributed by atoms with Crippen LogP contribution in [0.1, 0.15) is 59.3 Å². The fourth-order valence-electron chi connectivity index (χ4n) is 7.38. The Labute approximate surface area is 343 Å². The fourth-order valence-corrected chi connectivity index (χ4v) is 9.76. The fraction of sp³-hybridized carbons (Fsp3) is 0.475. The van der Waals surface area contributed by atoms with Gasteiger partial charge in [0, 0.05) is 36.1 Å².